The van der Waals surface area contributed by atoms with Crippen molar-refractivity contribution in [2.45, 2.75) is 18.5 Å². The van der Waals surface area contributed by atoms with Crippen LogP contribution in [0.15, 0.2) is 59.8 Å². The predicted octanol–water partition coefficient (Wildman–Crippen LogP) is 3.06. The van der Waals surface area contributed by atoms with Crippen molar-refractivity contribution in [2.75, 3.05) is 18.2 Å². The Morgan fingerprint density at radius 3 is 2.54 bits per heavy atom. The molecule has 0 atom stereocenters. The van der Waals surface area contributed by atoms with Crippen molar-refractivity contribution < 1.29 is 4.74 Å². The standard InChI is InChI=1S/C18H20N4OS/c1-14-7-9-16(10-8-14)23-11-12-24-18-21-20-17(22(18)19)13-15-5-3-2-4-6-15/h2-10H,11-13,19H2,1H3. The molecule has 0 saturated carbocycles. The third kappa shape index (κ3) is 4.29. The van der Waals surface area contributed by atoms with Crippen LogP contribution in [0.5, 0.6) is 5.75 Å². The van der Waals surface area contributed by atoms with E-state index in [9.17, 15) is 0 Å². The van der Waals surface area contributed by atoms with E-state index in [0.29, 0.717) is 18.2 Å². The Kier molecular flexibility index (Phi) is 5.38. The molecule has 5 nitrogen and oxygen atoms in total. The molecular weight excluding hydrogens is 320 g/mol. The number of benzene rings is 2. The molecule has 2 aromatic carbocycles. The highest BCUT2D eigenvalue weighted by molar-refractivity contribution is 7.99. The lowest BCUT2D eigenvalue weighted by Gasteiger charge is -2.06. The highest BCUT2D eigenvalue weighted by atomic mass is 32.2. The van der Waals surface area contributed by atoms with Gasteiger partial charge < -0.3 is 10.6 Å². The van der Waals surface area contributed by atoms with Crippen molar-refractivity contribution in [2.24, 2.45) is 0 Å². The molecule has 6 heteroatoms. The maximum absolute atomic E-state index is 6.09. The van der Waals surface area contributed by atoms with Gasteiger partial charge in [0.25, 0.3) is 0 Å². The zero-order valence-electron chi connectivity index (χ0n) is 13.6. The Balaban J connectivity index is 1.50. The number of hydrogen-bond acceptors (Lipinski definition) is 5. The van der Waals surface area contributed by atoms with Gasteiger partial charge in [0.1, 0.15) is 5.75 Å². The van der Waals surface area contributed by atoms with Crippen molar-refractivity contribution in [3.63, 3.8) is 0 Å². The van der Waals surface area contributed by atoms with Crippen LogP contribution in [-0.4, -0.2) is 27.2 Å². The molecule has 0 spiro atoms. The summed E-state index contributed by atoms with van der Waals surface area (Å²) in [6.07, 6.45) is 0.671. The SMILES string of the molecule is Cc1ccc(OCCSc2nnc(Cc3ccccc3)n2N)cc1. The van der Waals surface area contributed by atoms with Gasteiger partial charge in [0.2, 0.25) is 5.16 Å². The highest BCUT2D eigenvalue weighted by Crippen LogP contribution is 2.17. The van der Waals surface area contributed by atoms with Crippen LogP contribution in [0.25, 0.3) is 0 Å². The molecule has 0 aliphatic heterocycles. The van der Waals surface area contributed by atoms with E-state index < -0.39 is 0 Å². The van der Waals surface area contributed by atoms with Crippen molar-refractivity contribution >= 4 is 11.8 Å². The van der Waals surface area contributed by atoms with Crippen LogP contribution < -0.4 is 10.6 Å². The Morgan fingerprint density at radius 2 is 1.79 bits per heavy atom. The minimum absolute atomic E-state index is 0.592. The van der Waals surface area contributed by atoms with Crippen molar-refractivity contribution in [1.29, 1.82) is 0 Å². The average Bonchev–Trinajstić information content (AvgIpc) is 2.94. The van der Waals surface area contributed by atoms with Gasteiger partial charge in [-0.25, -0.2) is 4.68 Å². The molecule has 24 heavy (non-hydrogen) atoms. The monoisotopic (exact) mass is 340 g/mol. The number of rotatable bonds is 7. The summed E-state index contributed by atoms with van der Waals surface area (Å²) in [5, 5.41) is 9.05. The number of aromatic nitrogens is 3. The van der Waals surface area contributed by atoms with Crippen LogP contribution in [-0.2, 0) is 6.42 Å². The summed E-state index contributed by atoms with van der Waals surface area (Å²) in [7, 11) is 0. The zero-order chi connectivity index (χ0) is 16.8. The largest absolute Gasteiger partial charge is 0.493 e. The van der Waals surface area contributed by atoms with Gasteiger partial charge in [0, 0.05) is 12.2 Å². The third-order valence-corrected chi connectivity index (χ3v) is 4.45. The summed E-state index contributed by atoms with van der Waals surface area (Å²) in [5.74, 6) is 8.48. The Hall–Kier alpha value is -2.47. The average molecular weight is 340 g/mol. The van der Waals surface area contributed by atoms with E-state index in [1.807, 2.05) is 42.5 Å². The molecule has 1 heterocycles. The van der Waals surface area contributed by atoms with Crippen molar-refractivity contribution in [3.8, 4) is 5.75 Å². The van der Waals surface area contributed by atoms with Gasteiger partial charge in [0.15, 0.2) is 5.82 Å². The van der Waals surface area contributed by atoms with Crippen LogP contribution in [0.2, 0.25) is 0 Å². The summed E-state index contributed by atoms with van der Waals surface area (Å²) < 4.78 is 7.27. The van der Waals surface area contributed by atoms with E-state index in [-0.39, 0.29) is 0 Å². The molecule has 0 amide bonds. The first-order valence-electron chi connectivity index (χ1n) is 7.78. The second kappa shape index (κ2) is 7.88. The van der Waals surface area contributed by atoms with Crippen molar-refractivity contribution in [1.82, 2.24) is 14.9 Å². The molecule has 3 aromatic rings. The first-order valence-corrected chi connectivity index (χ1v) is 8.76. The Bertz CT molecular complexity index is 771. The van der Waals surface area contributed by atoms with Gasteiger partial charge >= 0.3 is 0 Å². The van der Waals surface area contributed by atoms with E-state index in [1.54, 1.807) is 16.4 Å². The molecule has 0 aliphatic carbocycles. The summed E-state index contributed by atoms with van der Waals surface area (Å²) in [6.45, 7) is 2.65. The fourth-order valence-electron chi connectivity index (χ4n) is 2.23. The number of aryl methyl sites for hydroxylation is 1. The molecule has 0 fully saturated rings. The van der Waals surface area contributed by atoms with Gasteiger partial charge in [-0.15, -0.1) is 10.2 Å². The molecule has 0 unspecified atom stereocenters. The summed E-state index contributed by atoms with van der Waals surface area (Å²) in [5.41, 5.74) is 2.38. The summed E-state index contributed by atoms with van der Waals surface area (Å²) in [4.78, 5) is 0. The lowest BCUT2D eigenvalue weighted by molar-refractivity contribution is 0.344. The van der Waals surface area contributed by atoms with E-state index in [1.165, 1.54) is 5.56 Å². The molecule has 1 aromatic heterocycles. The predicted molar refractivity (Wildman–Crippen MR) is 96.8 cm³/mol. The van der Waals surface area contributed by atoms with Gasteiger partial charge in [-0.1, -0.05) is 59.8 Å². The maximum atomic E-state index is 6.09. The molecule has 3 rings (SSSR count). The summed E-state index contributed by atoms with van der Waals surface area (Å²) in [6, 6.07) is 18.1. The van der Waals surface area contributed by atoms with Gasteiger partial charge in [0.05, 0.1) is 6.61 Å². The molecular formula is C18H20N4OS. The number of nitrogen functional groups attached to an aromatic ring is 1. The Labute approximate surface area is 145 Å². The van der Waals surface area contributed by atoms with Crippen LogP contribution in [0.4, 0.5) is 0 Å². The molecule has 0 radical (unpaired) electrons. The van der Waals surface area contributed by atoms with E-state index >= 15 is 0 Å². The normalized spacial score (nSPS) is 10.7. The highest BCUT2D eigenvalue weighted by Gasteiger charge is 2.10. The fourth-order valence-corrected chi connectivity index (χ4v) is 2.92. The fraction of sp³-hybridized carbons (Fsp3) is 0.222. The number of nitrogens with zero attached hydrogens (tertiary/aromatic N) is 3. The van der Waals surface area contributed by atoms with Gasteiger partial charge in [-0.3, -0.25) is 0 Å². The molecule has 0 bridgehead atoms. The third-order valence-electron chi connectivity index (χ3n) is 3.54. The first-order chi connectivity index (χ1) is 11.7. The number of thioether (sulfide) groups is 1. The molecule has 0 saturated heterocycles. The van der Waals surface area contributed by atoms with Gasteiger partial charge in [-0.2, -0.15) is 0 Å². The minimum Gasteiger partial charge on any atom is -0.493 e. The second-order valence-electron chi connectivity index (χ2n) is 5.44. The van der Waals surface area contributed by atoms with Crippen LogP contribution in [0.1, 0.15) is 17.0 Å². The molecule has 124 valence electrons. The zero-order valence-corrected chi connectivity index (χ0v) is 14.4. The van der Waals surface area contributed by atoms with E-state index in [4.69, 9.17) is 10.6 Å². The lowest BCUT2D eigenvalue weighted by Crippen LogP contribution is -2.15. The number of nitrogens with two attached hydrogens (primary N) is 1. The van der Waals surface area contributed by atoms with Crippen LogP contribution >= 0.6 is 11.8 Å². The maximum Gasteiger partial charge on any atom is 0.209 e. The number of ether oxygens (including phenoxy) is 1. The minimum atomic E-state index is 0.592. The van der Waals surface area contributed by atoms with Crippen molar-refractivity contribution in [3.05, 3.63) is 71.5 Å². The lowest BCUT2D eigenvalue weighted by atomic mass is 10.1. The van der Waals surface area contributed by atoms with Crippen LogP contribution in [0.3, 0.4) is 0 Å². The van der Waals surface area contributed by atoms with Gasteiger partial charge in [-0.05, 0) is 24.6 Å². The molecule has 2 N–H and O–H groups in total. The topological polar surface area (TPSA) is 66.0 Å². The molecule has 0 aliphatic rings. The van der Waals surface area contributed by atoms with E-state index in [2.05, 4.69) is 29.3 Å². The second-order valence-corrected chi connectivity index (χ2v) is 6.50. The Morgan fingerprint density at radius 1 is 1.04 bits per heavy atom. The quantitative estimate of drug-likeness (QED) is 0.407. The van der Waals surface area contributed by atoms with Crippen LogP contribution in [0, 0.1) is 6.92 Å². The summed E-state index contributed by atoms with van der Waals surface area (Å²) >= 11 is 1.54. The smallest absolute Gasteiger partial charge is 0.209 e. The first kappa shape index (κ1) is 16.4. The van der Waals surface area contributed by atoms with E-state index in [0.717, 1.165) is 22.9 Å². The number of hydrogen-bond donors (Lipinski definition) is 1.